The lowest BCUT2D eigenvalue weighted by atomic mass is 10.3. The van der Waals surface area contributed by atoms with Gasteiger partial charge in [0.05, 0.1) is 12.8 Å². The Labute approximate surface area is 94.9 Å². The molecule has 1 heterocycles. The minimum absolute atomic E-state index is 0.00713. The van der Waals surface area contributed by atoms with Gasteiger partial charge in [-0.15, -0.1) is 5.10 Å². The van der Waals surface area contributed by atoms with Gasteiger partial charge in [0, 0.05) is 19.3 Å². The summed E-state index contributed by atoms with van der Waals surface area (Å²) in [7, 11) is 0. The van der Waals surface area contributed by atoms with Crippen LogP contribution in [0, 0.1) is 0 Å². The molecule has 90 valence electrons. The first-order chi connectivity index (χ1) is 7.77. The summed E-state index contributed by atoms with van der Waals surface area (Å²) in [6, 6.07) is 0. The van der Waals surface area contributed by atoms with Gasteiger partial charge in [-0.05, 0) is 6.42 Å². The number of rotatable bonds is 7. The van der Waals surface area contributed by atoms with Crippen LogP contribution in [0.25, 0.3) is 0 Å². The summed E-state index contributed by atoms with van der Waals surface area (Å²) >= 11 is 0. The SMILES string of the molecule is CCCCN(CCO)C(=O)Cn1ccnn1. The van der Waals surface area contributed by atoms with Crippen molar-refractivity contribution in [2.24, 2.45) is 0 Å². The number of aliphatic hydroxyl groups is 1. The zero-order valence-electron chi connectivity index (χ0n) is 9.54. The number of unbranched alkanes of at least 4 members (excludes halogenated alkanes) is 1. The van der Waals surface area contributed by atoms with Crippen LogP contribution in [-0.4, -0.2) is 50.6 Å². The molecule has 16 heavy (non-hydrogen) atoms. The van der Waals surface area contributed by atoms with E-state index in [0.29, 0.717) is 13.1 Å². The molecular weight excluding hydrogens is 208 g/mol. The smallest absolute Gasteiger partial charge is 0.244 e. The summed E-state index contributed by atoms with van der Waals surface area (Å²) < 4.78 is 1.48. The minimum atomic E-state index is -0.0343. The van der Waals surface area contributed by atoms with Crippen molar-refractivity contribution >= 4 is 5.91 Å². The van der Waals surface area contributed by atoms with Gasteiger partial charge in [-0.25, -0.2) is 4.68 Å². The van der Waals surface area contributed by atoms with E-state index >= 15 is 0 Å². The van der Waals surface area contributed by atoms with Crippen LogP contribution in [0.4, 0.5) is 0 Å². The Hall–Kier alpha value is -1.43. The van der Waals surface area contributed by atoms with Crippen LogP contribution < -0.4 is 0 Å². The van der Waals surface area contributed by atoms with E-state index in [9.17, 15) is 4.79 Å². The number of aromatic nitrogens is 3. The predicted octanol–water partition coefficient (Wildman–Crippen LogP) is -0.101. The van der Waals surface area contributed by atoms with E-state index in [1.165, 1.54) is 10.9 Å². The lowest BCUT2D eigenvalue weighted by Crippen LogP contribution is -2.36. The Balaban J connectivity index is 2.46. The molecule has 0 aliphatic carbocycles. The molecule has 0 unspecified atom stereocenters. The molecule has 0 bridgehead atoms. The molecule has 0 aliphatic heterocycles. The number of carbonyl (C=O) groups is 1. The van der Waals surface area contributed by atoms with Gasteiger partial charge < -0.3 is 10.0 Å². The third-order valence-corrected chi connectivity index (χ3v) is 2.27. The van der Waals surface area contributed by atoms with Crippen LogP contribution >= 0.6 is 0 Å². The third kappa shape index (κ3) is 3.98. The first kappa shape index (κ1) is 12.6. The van der Waals surface area contributed by atoms with Crippen LogP contribution in [0.2, 0.25) is 0 Å². The molecule has 6 nitrogen and oxygen atoms in total. The molecule has 0 fully saturated rings. The molecule has 0 aliphatic rings. The fourth-order valence-electron chi connectivity index (χ4n) is 1.39. The van der Waals surface area contributed by atoms with E-state index in [0.717, 1.165) is 12.8 Å². The van der Waals surface area contributed by atoms with Crippen LogP contribution in [0.1, 0.15) is 19.8 Å². The van der Waals surface area contributed by atoms with Gasteiger partial charge in [-0.3, -0.25) is 4.79 Å². The second-order valence-electron chi connectivity index (χ2n) is 3.56. The number of amides is 1. The number of carbonyl (C=O) groups excluding carboxylic acids is 1. The lowest BCUT2D eigenvalue weighted by Gasteiger charge is -2.21. The summed E-state index contributed by atoms with van der Waals surface area (Å²) in [5, 5.41) is 16.3. The third-order valence-electron chi connectivity index (χ3n) is 2.27. The van der Waals surface area contributed by atoms with E-state index in [4.69, 9.17) is 5.11 Å². The van der Waals surface area contributed by atoms with E-state index < -0.39 is 0 Å². The van der Waals surface area contributed by atoms with Crippen LogP contribution in [0.3, 0.4) is 0 Å². The van der Waals surface area contributed by atoms with Crippen LogP contribution in [0.15, 0.2) is 12.4 Å². The number of aliphatic hydroxyl groups excluding tert-OH is 1. The first-order valence-electron chi connectivity index (χ1n) is 5.50. The average Bonchev–Trinajstić information content (AvgIpc) is 2.76. The highest BCUT2D eigenvalue weighted by molar-refractivity contribution is 5.75. The number of hydrogen-bond acceptors (Lipinski definition) is 4. The molecule has 0 saturated carbocycles. The molecule has 0 spiro atoms. The van der Waals surface area contributed by atoms with Crippen LogP contribution in [0.5, 0.6) is 0 Å². The molecule has 0 radical (unpaired) electrons. The molecule has 1 N–H and O–H groups in total. The van der Waals surface area contributed by atoms with Gasteiger partial charge >= 0.3 is 0 Å². The predicted molar refractivity (Wildman–Crippen MR) is 58.6 cm³/mol. The molecule has 1 aromatic rings. The minimum Gasteiger partial charge on any atom is -0.395 e. The average molecular weight is 226 g/mol. The summed E-state index contributed by atoms with van der Waals surface area (Å²) in [5.41, 5.74) is 0. The van der Waals surface area contributed by atoms with Crippen LogP contribution in [-0.2, 0) is 11.3 Å². The topological polar surface area (TPSA) is 71.2 Å². The van der Waals surface area contributed by atoms with Crippen molar-refractivity contribution in [1.29, 1.82) is 0 Å². The Morgan fingerprint density at radius 2 is 2.31 bits per heavy atom. The molecule has 1 rings (SSSR count). The fourth-order valence-corrected chi connectivity index (χ4v) is 1.39. The Bertz CT molecular complexity index is 300. The van der Waals surface area contributed by atoms with Crippen molar-refractivity contribution in [3.8, 4) is 0 Å². The molecule has 6 heteroatoms. The van der Waals surface area contributed by atoms with Crippen molar-refractivity contribution in [2.45, 2.75) is 26.3 Å². The largest absolute Gasteiger partial charge is 0.395 e. The van der Waals surface area contributed by atoms with Crippen molar-refractivity contribution < 1.29 is 9.90 Å². The highest BCUT2D eigenvalue weighted by Crippen LogP contribution is 1.97. The first-order valence-corrected chi connectivity index (χ1v) is 5.50. The van der Waals surface area contributed by atoms with Gasteiger partial charge in [0.2, 0.25) is 5.91 Å². The Morgan fingerprint density at radius 1 is 1.50 bits per heavy atom. The van der Waals surface area contributed by atoms with E-state index in [-0.39, 0.29) is 19.1 Å². The molecule has 1 amide bonds. The Kier molecular flexibility index (Phi) is 5.49. The van der Waals surface area contributed by atoms with Crippen molar-refractivity contribution in [2.75, 3.05) is 19.7 Å². The van der Waals surface area contributed by atoms with Crippen molar-refractivity contribution in [3.63, 3.8) is 0 Å². The standard InChI is InChI=1S/C10H18N4O2/c1-2-3-5-13(7-8-15)10(16)9-14-6-4-11-12-14/h4,6,15H,2-3,5,7-9H2,1H3. The lowest BCUT2D eigenvalue weighted by molar-refractivity contribution is -0.132. The normalized spacial score (nSPS) is 10.4. The maximum absolute atomic E-state index is 11.8. The van der Waals surface area contributed by atoms with E-state index in [2.05, 4.69) is 17.2 Å². The molecule has 0 aromatic carbocycles. The highest BCUT2D eigenvalue weighted by atomic mass is 16.3. The molecule has 1 aromatic heterocycles. The molecule has 0 atom stereocenters. The monoisotopic (exact) mass is 226 g/mol. The molecule has 0 saturated heterocycles. The summed E-state index contributed by atoms with van der Waals surface area (Å²) in [6.07, 6.45) is 5.16. The summed E-state index contributed by atoms with van der Waals surface area (Å²) in [5.74, 6) is -0.0343. The Morgan fingerprint density at radius 3 is 2.88 bits per heavy atom. The van der Waals surface area contributed by atoms with Gasteiger partial charge in [0.25, 0.3) is 0 Å². The quantitative estimate of drug-likeness (QED) is 0.704. The summed E-state index contributed by atoms with van der Waals surface area (Å²) in [4.78, 5) is 13.5. The van der Waals surface area contributed by atoms with Crippen molar-refractivity contribution in [1.82, 2.24) is 19.9 Å². The van der Waals surface area contributed by atoms with E-state index in [1.54, 1.807) is 11.1 Å². The maximum atomic E-state index is 11.8. The van der Waals surface area contributed by atoms with Crippen molar-refractivity contribution in [3.05, 3.63) is 12.4 Å². The number of hydrogen-bond donors (Lipinski definition) is 1. The second-order valence-corrected chi connectivity index (χ2v) is 3.56. The van der Waals surface area contributed by atoms with Gasteiger partial charge in [0.15, 0.2) is 0 Å². The summed E-state index contributed by atoms with van der Waals surface area (Å²) in [6.45, 7) is 3.31. The zero-order valence-corrected chi connectivity index (χ0v) is 9.54. The second kappa shape index (κ2) is 6.95. The number of nitrogens with zero attached hydrogens (tertiary/aromatic N) is 4. The molecular formula is C10H18N4O2. The highest BCUT2D eigenvalue weighted by Gasteiger charge is 2.12. The maximum Gasteiger partial charge on any atom is 0.244 e. The fraction of sp³-hybridized carbons (Fsp3) is 0.700. The van der Waals surface area contributed by atoms with Gasteiger partial charge in [0.1, 0.15) is 6.54 Å². The zero-order chi connectivity index (χ0) is 11.8. The van der Waals surface area contributed by atoms with Gasteiger partial charge in [-0.1, -0.05) is 18.6 Å². The van der Waals surface area contributed by atoms with E-state index in [1.807, 2.05) is 0 Å². The van der Waals surface area contributed by atoms with Gasteiger partial charge in [-0.2, -0.15) is 0 Å².